The molecule has 6 nitrogen and oxygen atoms in total. The fourth-order valence-corrected chi connectivity index (χ4v) is 6.70. The average Bonchev–Trinajstić information content (AvgIpc) is 3.20. The lowest BCUT2D eigenvalue weighted by Gasteiger charge is -2.36. The third-order valence-electron chi connectivity index (χ3n) is 6.29. The molecule has 0 bridgehead atoms. The minimum atomic E-state index is -2.97. The third-order valence-corrected chi connectivity index (χ3v) is 8.36. The highest BCUT2D eigenvalue weighted by Crippen LogP contribution is 2.30. The molecule has 3 heterocycles. The van der Waals surface area contributed by atoms with Gasteiger partial charge < -0.3 is 9.47 Å². The van der Waals surface area contributed by atoms with Crippen LogP contribution < -0.4 is 4.90 Å². The van der Waals surface area contributed by atoms with Crippen LogP contribution in [0.15, 0.2) is 30.3 Å². The van der Waals surface area contributed by atoms with Crippen LogP contribution in [-0.4, -0.2) is 67.9 Å². The predicted octanol–water partition coefficient (Wildman–Crippen LogP) is 3.12. The number of nitrogens with zero attached hydrogens (tertiary/aromatic N) is 3. The van der Waals surface area contributed by atoms with E-state index in [1.807, 2.05) is 48.7 Å². The lowest BCUT2D eigenvalue weighted by molar-refractivity contribution is 0.0925. The second-order valence-corrected chi connectivity index (χ2v) is 11.0. The molecule has 0 N–H and O–H groups in total. The van der Waals surface area contributed by atoms with Crippen LogP contribution in [0.4, 0.5) is 5.69 Å². The first kappa shape index (κ1) is 21.4. The van der Waals surface area contributed by atoms with Gasteiger partial charge in [-0.05, 0) is 38.5 Å². The van der Waals surface area contributed by atoms with Gasteiger partial charge in [0.2, 0.25) is 0 Å². The summed E-state index contributed by atoms with van der Waals surface area (Å²) in [5, 5.41) is 0.753. The largest absolute Gasteiger partial charge is 0.368 e. The molecule has 0 saturated carbocycles. The summed E-state index contributed by atoms with van der Waals surface area (Å²) in [7, 11) is -2.97. The molecule has 2 aliphatic heterocycles. The normalized spacial score (nSPS) is 21.8. The van der Waals surface area contributed by atoms with Crippen LogP contribution in [0.25, 0.3) is 0 Å². The molecule has 2 saturated heterocycles. The second-order valence-electron chi connectivity index (χ2n) is 8.35. The Morgan fingerprint density at radius 2 is 1.83 bits per heavy atom. The molecule has 1 atom stereocenters. The molecule has 1 aromatic carbocycles. The number of carbonyl (C=O) groups excluding carboxylic acids is 1. The number of aromatic nitrogens is 1. The van der Waals surface area contributed by atoms with Crippen LogP contribution in [-0.2, 0) is 9.84 Å². The first-order valence-corrected chi connectivity index (χ1v) is 12.6. The number of halogens is 1. The number of hydrogen-bond acceptors (Lipinski definition) is 5. The highest BCUT2D eigenvalue weighted by Gasteiger charge is 2.32. The van der Waals surface area contributed by atoms with Crippen molar-refractivity contribution in [3.05, 3.63) is 52.3 Å². The lowest BCUT2D eigenvalue weighted by atomic mass is 10.1. The van der Waals surface area contributed by atoms with E-state index in [0.717, 1.165) is 48.3 Å². The summed E-state index contributed by atoms with van der Waals surface area (Å²) in [6.07, 6.45) is 0.621. The topological polar surface area (TPSA) is 62.6 Å². The molecule has 2 aromatic rings. The van der Waals surface area contributed by atoms with E-state index < -0.39 is 9.84 Å². The number of carbonyl (C=O) groups is 1. The van der Waals surface area contributed by atoms with Crippen molar-refractivity contribution in [3.63, 3.8) is 0 Å². The van der Waals surface area contributed by atoms with Gasteiger partial charge in [-0.2, -0.15) is 0 Å². The standard InChI is InChI=1S/C22H28ClN3O3S/c1-16-13-19(17(2)26(16)18-7-12-30(28,29)15-18)22(27)14-24-8-10-25(11-9-24)21-6-4-3-5-20(21)23/h3-6,13,18H,7-12,14-15H2,1-2H3. The molecule has 1 unspecified atom stereocenters. The number of rotatable bonds is 5. The number of ketones is 1. The molecule has 2 aliphatic rings. The molecule has 162 valence electrons. The predicted molar refractivity (Wildman–Crippen MR) is 121 cm³/mol. The highest BCUT2D eigenvalue weighted by atomic mass is 35.5. The number of sulfone groups is 1. The van der Waals surface area contributed by atoms with Gasteiger partial charge in [0.05, 0.1) is 28.8 Å². The Balaban J connectivity index is 1.41. The Kier molecular flexibility index (Phi) is 5.97. The molecule has 0 radical (unpaired) electrons. The van der Waals surface area contributed by atoms with Crippen LogP contribution in [0.2, 0.25) is 5.02 Å². The van der Waals surface area contributed by atoms with Crippen molar-refractivity contribution in [2.75, 3.05) is 49.1 Å². The fraction of sp³-hybridized carbons (Fsp3) is 0.500. The molecular formula is C22H28ClN3O3S. The SMILES string of the molecule is Cc1cc(C(=O)CN2CCN(c3ccccc3Cl)CC2)c(C)n1C1CCS(=O)(=O)C1. The summed E-state index contributed by atoms with van der Waals surface area (Å²) in [6.45, 7) is 7.53. The first-order chi connectivity index (χ1) is 14.2. The monoisotopic (exact) mass is 449 g/mol. The van der Waals surface area contributed by atoms with Crippen molar-refractivity contribution in [2.45, 2.75) is 26.3 Å². The van der Waals surface area contributed by atoms with E-state index in [1.54, 1.807) is 0 Å². The van der Waals surface area contributed by atoms with Crippen molar-refractivity contribution < 1.29 is 13.2 Å². The quantitative estimate of drug-likeness (QED) is 0.656. The summed E-state index contributed by atoms with van der Waals surface area (Å²) in [6, 6.07) is 9.71. The molecule has 8 heteroatoms. The van der Waals surface area contributed by atoms with Crippen molar-refractivity contribution >= 4 is 32.9 Å². The van der Waals surface area contributed by atoms with Gasteiger partial charge in [-0.1, -0.05) is 23.7 Å². The van der Waals surface area contributed by atoms with Gasteiger partial charge in [0.1, 0.15) is 0 Å². The summed E-state index contributed by atoms with van der Waals surface area (Å²) in [5.74, 6) is 0.496. The maximum atomic E-state index is 13.0. The van der Waals surface area contributed by atoms with Crippen molar-refractivity contribution in [3.8, 4) is 0 Å². The number of Topliss-reactive ketones (excluding diaryl/α,β-unsaturated/α-hetero) is 1. The smallest absolute Gasteiger partial charge is 0.178 e. The molecule has 0 spiro atoms. The van der Waals surface area contributed by atoms with E-state index in [1.165, 1.54) is 0 Å². The lowest BCUT2D eigenvalue weighted by Crippen LogP contribution is -2.48. The fourth-order valence-electron chi connectivity index (χ4n) is 4.74. The van der Waals surface area contributed by atoms with Gasteiger partial charge in [-0.25, -0.2) is 8.42 Å². The van der Waals surface area contributed by atoms with Crippen LogP contribution in [0, 0.1) is 13.8 Å². The van der Waals surface area contributed by atoms with Crippen LogP contribution in [0.1, 0.15) is 34.2 Å². The van der Waals surface area contributed by atoms with Gasteiger partial charge in [0, 0.05) is 49.2 Å². The summed E-state index contributed by atoms with van der Waals surface area (Å²) < 4.78 is 25.8. The summed E-state index contributed by atoms with van der Waals surface area (Å²) in [5.41, 5.74) is 3.60. The average molecular weight is 450 g/mol. The molecule has 1 aromatic heterocycles. The Bertz CT molecular complexity index is 1060. The molecule has 4 rings (SSSR count). The molecule has 2 fully saturated rings. The number of piperazine rings is 1. The first-order valence-electron chi connectivity index (χ1n) is 10.4. The molecular weight excluding hydrogens is 422 g/mol. The van der Waals surface area contributed by atoms with Gasteiger partial charge in [0.15, 0.2) is 15.6 Å². The van der Waals surface area contributed by atoms with E-state index in [2.05, 4.69) is 9.80 Å². The Labute approximate surface area is 183 Å². The zero-order valence-corrected chi connectivity index (χ0v) is 19.0. The number of hydrogen-bond donors (Lipinski definition) is 0. The van der Waals surface area contributed by atoms with Crippen LogP contribution >= 0.6 is 11.6 Å². The van der Waals surface area contributed by atoms with Gasteiger partial charge in [0.25, 0.3) is 0 Å². The van der Waals surface area contributed by atoms with E-state index in [-0.39, 0.29) is 23.3 Å². The van der Waals surface area contributed by atoms with E-state index >= 15 is 0 Å². The Morgan fingerprint density at radius 1 is 1.13 bits per heavy atom. The Hall–Kier alpha value is -1.83. The third kappa shape index (κ3) is 4.29. The van der Waals surface area contributed by atoms with Crippen LogP contribution in [0.3, 0.4) is 0 Å². The van der Waals surface area contributed by atoms with Gasteiger partial charge in [-0.15, -0.1) is 0 Å². The highest BCUT2D eigenvalue weighted by molar-refractivity contribution is 7.91. The van der Waals surface area contributed by atoms with E-state index in [9.17, 15) is 13.2 Å². The van der Waals surface area contributed by atoms with Gasteiger partial charge >= 0.3 is 0 Å². The van der Waals surface area contributed by atoms with Crippen LogP contribution in [0.5, 0.6) is 0 Å². The number of para-hydroxylation sites is 1. The van der Waals surface area contributed by atoms with E-state index in [0.29, 0.717) is 18.5 Å². The summed E-state index contributed by atoms with van der Waals surface area (Å²) in [4.78, 5) is 17.5. The van der Waals surface area contributed by atoms with Crippen molar-refractivity contribution in [1.82, 2.24) is 9.47 Å². The zero-order valence-electron chi connectivity index (χ0n) is 17.5. The van der Waals surface area contributed by atoms with Crippen molar-refractivity contribution in [2.24, 2.45) is 0 Å². The minimum absolute atomic E-state index is 0.0595. The maximum absolute atomic E-state index is 13.0. The minimum Gasteiger partial charge on any atom is -0.368 e. The second kappa shape index (κ2) is 8.36. The molecule has 30 heavy (non-hydrogen) atoms. The number of aryl methyl sites for hydroxylation is 1. The summed E-state index contributed by atoms with van der Waals surface area (Å²) >= 11 is 6.31. The van der Waals surface area contributed by atoms with E-state index in [4.69, 9.17) is 11.6 Å². The molecule has 0 aliphatic carbocycles. The maximum Gasteiger partial charge on any atom is 0.178 e. The number of benzene rings is 1. The zero-order chi connectivity index (χ0) is 21.5. The molecule has 0 amide bonds. The number of anilines is 1. The van der Waals surface area contributed by atoms with Crippen molar-refractivity contribution in [1.29, 1.82) is 0 Å². The Morgan fingerprint density at radius 3 is 2.47 bits per heavy atom. The van der Waals surface area contributed by atoms with Gasteiger partial charge in [-0.3, -0.25) is 9.69 Å².